The molecular weight excluding hydrogens is 324 g/mol. The molecule has 2 aromatic carbocycles. The molecule has 5 nitrogen and oxygen atoms in total. The number of carbonyl (C=O) groups is 1. The molecule has 0 unspecified atom stereocenters. The second-order valence-corrected chi connectivity index (χ2v) is 7.08. The SMILES string of the molecule is C=CCNS(=O)(=O)c1ccc(NC(=O)Cc2ccccc2C)cc1. The van der Waals surface area contributed by atoms with Crippen molar-refractivity contribution in [2.45, 2.75) is 18.2 Å². The highest BCUT2D eigenvalue weighted by Crippen LogP contribution is 2.15. The van der Waals surface area contributed by atoms with Crippen molar-refractivity contribution in [3.63, 3.8) is 0 Å². The highest BCUT2D eigenvalue weighted by molar-refractivity contribution is 7.89. The first kappa shape index (κ1) is 17.9. The maximum Gasteiger partial charge on any atom is 0.240 e. The van der Waals surface area contributed by atoms with Crippen LogP contribution in [0.4, 0.5) is 5.69 Å². The van der Waals surface area contributed by atoms with Gasteiger partial charge in [-0.25, -0.2) is 13.1 Å². The third kappa shape index (κ3) is 4.78. The first-order valence-electron chi connectivity index (χ1n) is 7.47. The second-order valence-electron chi connectivity index (χ2n) is 5.32. The minimum absolute atomic E-state index is 0.140. The van der Waals surface area contributed by atoms with Crippen LogP contribution in [0, 0.1) is 6.92 Å². The van der Waals surface area contributed by atoms with Crippen molar-refractivity contribution >= 4 is 21.6 Å². The molecule has 2 aromatic rings. The number of carbonyl (C=O) groups excluding carboxylic acids is 1. The van der Waals surface area contributed by atoms with Gasteiger partial charge in [-0.05, 0) is 42.3 Å². The zero-order valence-electron chi connectivity index (χ0n) is 13.5. The van der Waals surface area contributed by atoms with Crippen molar-refractivity contribution in [3.05, 3.63) is 72.3 Å². The molecule has 0 aliphatic heterocycles. The maximum atomic E-state index is 12.1. The topological polar surface area (TPSA) is 75.3 Å². The van der Waals surface area contributed by atoms with Crippen molar-refractivity contribution in [1.82, 2.24) is 4.72 Å². The number of hydrogen-bond donors (Lipinski definition) is 2. The van der Waals surface area contributed by atoms with Crippen LogP contribution in [0.1, 0.15) is 11.1 Å². The molecule has 2 N–H and O–H groups in total. The quantitative estimate of drug-likeness (QED) is 0.758. The van der Waals surface area contributed by atoms with E-state index in [4.69, 9.17) is 0 Å². The van der Waals surface area contributed by atoms with Gasteiger partial charge in [-0.15, -0.1) is 6.58 Å². The van der Waals surface area contributed by atoms with Gasteiger partial charge in [0.2, 0.25) is 15.9 Å². The van der Waals surface area contributed by atoms with Gasteiger partial charge in [0.25, 0.3) is 0 Å². The van der Waals surface area contributed by atoms with E-state index in [1.165, 1.54) is 18.2 Å². The average molecular weight is 344 g/mol. The molecule has 6 heteroatoms. The van der Waals surface area contributed by atoms with Crippen LogP contribution in [0.2, 0.25) is 0 Å². The molecule has 0 fully saturated rings. The van der Waals surface area contributed by atoms with Gasteiger partial charge in [-0.1, -0.05) is 30.3 Å². The summed E-state index contributed by atoms with van der Waals surface area (Å²) in [4.78, 5) is 12.2. The summed E-state index contributed by atoms with van der Waals surface area (Å²) in [5.74, 6) is -0.148. The van der Waals surface area contributed by atoms with Crippen LogP contribution in [0.25, 0.3) is 0 Å². The molecule has 24 heavy (non-hydrogen) atoms. The number of aryl methyl sites for hydroxylation is 1. The zero-order valence-corrected chi connectivity index (χ0v) is 14.3. The first-order valence-corrected chi connectivity index (χ1v) is 8.95. The Labute approximate surface area is 142 Å². The number of hydrogen-bond acceptors (Lipinski definition) is 3. The summed E-state index contributed by atoms with van der Waals surface area (Å²) in [6.07, 6.45) is 1.74. The lowest BCUT2D eigenvalue weighted by Crippen LogP contribution is -2.23. The van der Waals surface area contributed by atoms with E-state index in [1.807, 2.05) is 31.2 Å². The van der Waals surface area contributed by atoms with Crippen LogP contribution in [0.15, 0.2) is 66.1 Å². The van der Waals surface area contributed by atoms with Gasteiger partial charge in [0.15, 0.2) is 0 Å². The predicted octanol–water partition coefficient (Wildman–Crippen LogP) is 2.64. The van der Waals surface area contributed by atoms with Gasteiger partial charge >= 0.3 is 0 Å². The first-order chi connectivity index (χ1) is 11.4. The predicted molar refractivity (Wildman–Crippen MR) is 95.3 cm³/mol. The summed E-state index contributed by atoms with van der Waals surface area (Å²) >= 11 is 0. The molecule has 0 radical (unpaired) electrons. The summed E-state index contributed by atoms with van der Waals surface area (Å²) in [5, 5.41) is 2.77. The second kappa shape index (κ2) is 7.90. The van der Waals surface area contributed by atoms with Crippen LogP contribution in [-0.4, -0.2) is 20.9 Å². The van der Waals surface area contributed by atoms with E-state index in [2.05, 4.69) is 16.6 Å². The van der Waals surface area contributed by atoms with Crippen LogP contribution in [0.5, 0.6) is 0 Å². The fourth-order valence-electron chi connectivity index (χ4n) is 2.16. The van der Waals surface area contributed by atoms with Gasteiger partial charge in [-0.2, -0.15) is 0 Å². The lowest BCUT2D eigenvalue weighted by Gasteiger charge is -2.09. The van der Waals surface area contributed by atoms with E-state index in [0.29, 0.717) is 5.69 Å². The van der Waals surface area contributed by atoms with Gasteiger partial charge < -0.3 is 5.32 Å². The molecular formula is C18H20N2O3S. The largest absolute Gasteiger partial charge is 0.326 e. The van der Waals surface area contributed by atoms with E-state index < -0.39 is 10.0 Å². The van der Waals surface area contributed by atoms with Gasteiger partial charge in [0.1, 0.15) is 0 Å². The number of benzene rings is 2. The van der Waals surface area contributed by atoms with Gasteiger partial charge in [0, 0.05) is 12.2 Å². The molecule has 0 heterocycles. The zero-order chi connectivity index (χ0) is 17.6. The van der Waals surface area contributed by atoms with E-state index >= 15 is 0 Å². The Balaban J connectivity index is 2.02. The van der Waals surface area contributed by atoms with Crippen molar-refractivity contribution in [2.24, 2.45) is 0 Å². The highest BCUT2D eigenvalue weighted by atomic mass is 32.2. The normalized spacial score (nSPS) is 11.0. The minimum atomic E-state index is -3.56. The van der Waals surface area contributed by atoms with E-state index in [0.717, 1.165) is 11.1 Å². The number of rotatable bonds is 7. The lowest BCUT2D eigenvalue weighted by molar-refractivity contribution is -0.115. The summed E-state index contributed by atoms with van der Waals surface area (Å²) in [6, 6.07) is 13.7. The molecule has 2 rings (SSSR count). The fraction of sp³-hybridized carbons (Fsp3) is 0.167. The molecule has 0 saturated heterocycles. The Morgan fingerprint density at radius 3 is 2.42 bits per heavy atom. The Morgan fingerprint density at radius 1 is 1.12 bits per heavy atom. The summed E-state index contributed by atoms with van der Waals surface area (Å²) in [6.45, 7) is 5.59. The standard InChI is InChI=1S/C18H20N2O3S/c1-3-12-19-24(22,23)17-10-8-16(9-11-17)20-18(21)13-15-7-5-4-6-14(15)2/h3-11,19H,1,12-13H2,2H3,(H,20,21). The van der Waals surface area contributed by atoms with Crippen molar-refractivity contribution in [2.75, 3.05) is 11.9 Å². The number of sulfonamides is 1. The van der Waals surface area contributed by atoms with Crippen molar-refractivity contribution < 1.29 is 13.2 Å². The van der Waals surface area contributed by atoms with E-state index in [1.54, 1.807) is 12.1 Å². The number of anilines is 1. The van der Waals surface area contributed by atoms with Crippen molar-refractivity contribution in [3.8, 4) is 0 Å². The number of nitrogens with one attached hydrogen (secondary N) is 2. The summed E-state index contributed by atoms with van der Waals surface area (Å²) < 4.78 is 26.3. The van der Waals surface area contributed by atoms with Crippen LogP contribution >= 0.6 is 0 Å². The Kier molecular flexibility index (Phi) is 5.89. The molecule has 0 aliphatic rings. The highest BCUT2D eigenvalue weighted by Gasteiger charge is 2.13. The molecule has 0 spiro atoms. The maximum absolute atomic E-state index is 12.1. The molecule has 0 aliphatic carbocycles. The lowest BCUT2D eigenvalue weighted by atomic mass is 10.1. The van der Waals surface area contributed by atoms with Crippen LogP contribution < -0.4 is 10.0 Å². The Hall–Kier alpha value is -2.44. The third-order valence-electron chi connectivity index (χ3n) is 3.48. The van der Waals surface area contributed by atoms with Crippen LogP contribution in [0.3, 0.4) is 0 Å². The van der Waals surface area contributed by atoms with Gasteiger partial charge in [-0.3, -0.25) is 4.79 Å². The van der Waals surface area contributed by atoms with E-state index in [-0.39, 0.29) is 23.8 Å². The van der Waals surface area contributed by atoms with E-state index in [9.17, 15) is 13.2 Å². The fourth-order valence-corrected chi connectivity index (χ4v) is 3.15. The molecule has 126 valence electrons. The van der Waals surface area contributed by atoms with Crippen molar-refractivity contribution in [1.29, 1.82) is 0 Å². The summed E-state index contributed by atoms with van der Waals surface area (Å²) in [7, 11) is -3.56. The Bertz CT molecular complexity index is 828. The third-order valence-corrected chi connectivity index (χ3v) is 4.92. The monoisotopic (exact) mass is 344 g/mol. The Morgan fingerprint density at radius 2 is 1.79 bits per heavy atom. The average Bonchev–Trinajstić information content (AvgIpc) is 2.55. The molecule has 1 amide bonds. The molecule has 0 aromatic heterocycles. The summed E-state index contributed by atoms with van der Waals surface area (Å²) in [5.41, 5.74) is 2.57. The number of amides is 1. The van der Waals surface area contributed by atoms with Crippen LogP contribution in [-0.2, 0) is 21.2 Å². The molecule has 0 bridgehead atoms. The minimum Gasteiger partial charge on any atom is -0.326 e. The molecule has 0 saturated carbocycles. The smallest absolute Gasteiger partial charge is 0.240 e. The molecule has 0 atom stereocenters. The van der Waals surface area contributed by atoms with Gasteiger partial charge in [0.05, 0.1) is 11.3 Å².